The van der Waals surface area contributed by atoms with Gasteiger partial charge in [-0.25, -0.2) is 0 Å². The minimum atomic E-state index is -0.477. The summed E-state index contributed by atoms with van der Waals surface area (Å²) in [5.74, 6) is -0.916. The normalized spacial score (nSPS) is 13.8. The van der Waals surface area contributed by atoms with Crippen molar-refractivity contribution >= 4 is 23.1 Å². The fraction of sp³-hybridized carbons (Fsp3) is 0.200. The van der Waals surface area contributed by atoms with Crippen LogP contribution in [0.25, 0.3) is 0 Å². The molecular formula is C15H14N2O3. The van der Waals surface area contributed by atoms with Crippen LogP contribution in [-0.2, 0) is 11.3 Å². The van der Waals surface area contributed by atoms with Crippen molar-refractivity contribution in [2.45, 2.75) is 6.54 Å². The van der Waals surface area contributed by atoms with Crippen molar-refractivity contribution in [1.82, 2.24) is 0 Å². The highest BCUT2D eigenvalue weighted by molar-refractivity contribution is 6.52. The maximum absolute atomic E-state index is 11.7. The van der Waals surface area contributed by atoms with E-state index in [1.165, 1.54) is 4.90 Å². The number of ketones is 1. The van der Waals surface area contributed by atoms with Crippen LogP contribution in [0.4, 0.5) is 11.4 Å². The van der Waals surface area contributed by atoms with Gasteiger partial charge in [0.05, 0.1) is 23.8 Å². The number of carbonyl (C=O) groups is 2. The summed E-state index contributed by atoms with van der Waals surface area (Å²) >= 11 is 0. The first-order chi connectivity index (χ1) is 9.58. The minimum absolute atomic E-state index is 0.438. The monoisotopic (exact) mass is 270 g/mol. The molecule has 3 rings (SSSR count). The van der Waals surface area contributed by atoms with Gasteiger partial charge in [-0.1, -0.05) is 0 Å². The van der Waals surface area contributed by atoms with E-state index in [-0.39, 0.29) is 0 Å². The SMILES string of the molecule is CN(Cc1ccoc1)c1ccc2c(c1)N(C)C(=O)C2=O. The Morgan fingerprint density at radius 1 is 1.25 bits per heavy atom. The minimum Gasteiger partial charge on any atom is -0.472 e. The number of amides is 1. The Balaban J connectivity index is 1.90. The van der Waals surface area contributed by atoms with Gasteiger partial charge in [-0.3, -0.25) is 9.59 Å². The van der Waals surface area contributed by atoms with E-state index >= 15 is 0 Å². The molecule has 0 bridgehead atoms. The lowest BCUT2D eigenvalue weighted by molar-refractivity contribution is -0.114. The van der Waals surface area contributed by atoms with E-state index in [9.17, 15) is 9.59 Å². The van der Waals surface area contributed by atoms with Crippen molar-refractivity contribution in [1.29, 1.82) is 0 Å². The maximum atomic E-state index is 11.7. The third kappa shape index (κ3) is 1.87. The van der Waals surface area contributed by atoms with Crippen molar-refractivity contribution in [2.75, 3.05) is 23.9 Å². The van der Waals surface area contributed by atoms with E-state index in [4.69, 9.17) is 4.42 Å². The summed E-state index contributed by atoms with van der Waals surface area (Å²) in [6.07, 6.45) is 3.33. The molecule has 0 N–H and O–H groups in total. The summed E-state index contributed by atoms with van der Waals surface area (Å²) in [4.78, 5) is 26.8. The standard InChI is InChI=1S/C15H14N2O3/c1-16(8-10-5-6-20-9-10)11-3-4-12-13(7-11)17(2)15(19)14(12)18/h3-7,9H,8H2,1-2H3. The fourth-order valence-electron chi connectivity index (χ4n) is 2.35. The zero-order chi connectivity index (χ0) is 14.3. The Kier molecular flexibility index (Phi) is 2.82. The molecule has 0 radical (unpaired) electrons. The van der Waals surface area contributed by atoms with Gasteiger partial charge in [0.2, 0.25) is 0 Å². The summed E-state index contributed by atoms with van der Waals surface area (Å²) in [6, 6.07) is 7.32. The molecule has 0 unspecified atom stereocenters. The Bertz CT molecular complexity index is 676. The molecule has 1 amide bonds. The molecule has 0 fully saturated rings. The molecule has 2 aromatic rings. The van der Waals surface area contributed by atoms with Crippen molar-refractivity contribution < 1.29 is 14.0 Å². The van der Waals surface area contributed by atoms with E-state index < -0.39 is 11.7 Å². The highest BCUT2D eigenvalue weighted by Crippen LogP contribution is 2.31. The van der Waals surface area contributed by atoms with Gasteiger partial charge in [0, 0.05) is 31.9 Å². The molecule has 0 aliphatic carbocycles. The molecule has 1 aliphatic heterocycles. The number of hydrogen-bond donors (Lipinski definition) is 0. The molecule has 5 heteroatoms. The number of rotatable bonds is 3. The van der Waals surface area contributed by atoms with E-state index in [0.717, 1.165) is 11.3 Å². The molecule has 0 saturated heterocycles. The second-order valence-electron chi connectivity index (χ2n) is 4.88. The first kappa shape index (κ1) is 12.5. The third-order valence-corrected chi connectivity index (χ3v) is 3.53. The van der Waals surface area contributed by atoms with Gasteiger partial charge in [0.1, 0.15) is 0 Å². The number of carbonyl (C=O) groups excluding carboxylic acids is 2. The van der Waals surface area contributed by atoms with Crippen molar-refractivity contribution in [3.8, 4) is 0 Å². The lowest BCUT2D eigenvalue weighted by Crippen LogP contribution is -2.24. The van der Waals surface area contributed by atoms with Crippen LogP contribution in [0.5, 0.6) is 0 Å². The Labute approximate surface area is 116 Å². The molecule has 102 valence electrons. The molecule has 1 aromatic heterocycles. The van der Waals surface area contributed by atoms with Crippen molar-refractivity contribution in [3.05, 3.63) is 47.9 Å². The average Bonchev–Trinajstić information content (AvgIpc) is 3.03. The Morgan fingerprint density at radius 3 is 2.75 bits per heavy atom. The number of Topliss-reactive ketones (excluding diaryl/α,β-unsaturated/α-hetero) is 1. The molecular weight excluding hydrogens is 256 g/mol. The zero-order valence-electron chi connectivity index (χ0n) is 11.3. The lowest BCUT2D eigenvalue weighted by Gasteiger charge is -2.20. The summed E-state index contributed by atoms with van der Waals surface area (Å²) in [5, 5.41) is 0. The van der Waals surface area contributed by atoms with Gasteiger partial charge in [-0.2, -0.15) is 0 Å². The number of hydrogen-bond acceptors (Lipinski definition) is 4. The molecule has 0 spiro atoms. The van der Waals surface area contributed by atoms with E-state index in [1.807, 2.05) is 30.1 Å². The van der Waals surface area contributed by atoms with Crippen LogP contribution in [-0.4, -0.2) is 25.8 Å². The second-order valence-corrected chi connectivity index (χ2v) is 4.88. The van der Waals surface area contributed by atoms with Crippen LogP contribution in [0.2, 0.25) is 0 Å². The summed E-state index contributed by atoms with van der Waals surface area (Å²) in [7, 11) is 3.57. The number of likely N-dealkylation sites (N-methyl/N-ethyl adjacent to an activating group) is 1. The number of nitrogens with zero attached hydrogens (tertiary/aromatic N) is 2. The number of benzene rings is 1. The first-order valence-corrected chi connectivity index (χ1v) is 6.26. The highest BCUT2D eigenvalue weighted by atomic mass is 16.3. The fourth-order valence-corrected chi connectivity index (χ4v) is 2.35. The van der Waals surface area contributed by atoms with Crippen LogP contribution in [0.3, 0.4) is 0 Å². The van der Waals surface area contributed by atoms with E-state index in [1.54, 1.807) is 25.6 Å². The van der Waals surface area contributed by atoms with Gasteiger partial charge < -0.3 is 14.2 Å². The zero-order valence-corrected chi connectivity index (χ0v) is 11.3. The van der Waals surface area contributed by atoms with Crippen LogP contribution in [0, 0.1) is 0 Å². The molecule has 5 nitrogen and oxygen atoms in total. The average molecular weight is 270 g/mol. The predicted octanol–water partition coefficient (Wildman–Crippen LogP) is 2.08. The largest absolute Gasteiger partial charge is 0.472 e. The number of fused-ring (bicyclic) bond motifs is 1. The van der Waals surface area contributed by atoms with Gasteiger partial charge in [-0.15, -0.1) is 0 Å². The number of anilines is 2. The van der Waals surface area contributed by atoms with Crippen LogP contribution in [0.15, 0.2) is 41.2 Å². The van der Waals surface area contributed by atoms with Gasteiger partial charge in [0.15, 0.2) is 0 Å². The smallest absolute Gasteiger partial charge is 0.299 e. The molecule has 2 heterocycles. The molecule has 0 atom stereocenters. The van der Waals surface area contributed by atoms with Crippen molar-refractivity contribution in [3.63, 3.8) is 0 Å². The van der Waals surface area contributed by atoms with Gasteiger partial charge in [0.25, 0.3) is 11.7 Å². The van der Waals surface area contributed by atoms with Crippen molar-refractivity contribution in [2.24, 2.45) is 0 Å². The second kappa shape index (κ2) is 4.52. The van der Waals surface area contributed by atoms with E-state index in [2.05, 4.69) is 0 Å². The molecule has 20 heavy (non-hydrogen) atoms. The van der Waals surface area contributed by atoms with Gasteiger partial charge >= 0.3 is 0 Å². The first-order valence-electron chi connectivity index (χ1n) is 6.26. The summed E-state index contributed by atoms with van der Waals surface area (Å²) in [5.41, 5.74) is 3.14. The van der Waals surface area contributed by atoms with Crippen LogP contribution in [0.1, 0.15) is 15.9 Å². The van der Waals surface area contributed by atoms with Gasteiger partial charge in [-0.05, 0) is 24.3 Å². The quantitative estimate of drug-likeness (QED) is 0.801. The lowest BCUT2D eigenvalue weighted by atomic mass is 10.1. The Morgan fingerprint density at radius 2 is 2.05 bits per heavy atom. The van der Waals surface area contributed by atoms with Crippen LogP contribution < -0.4 is 9.80 Å². The molecule has 1 aliphatic rings. The van der Waals surface area contributed by atoms with Crippen LogP contribution >= 0.6 is 0 Å². The molecule has 1 aromatic carbocycles. The Hall–Kier alpha value is -2.56. The predicted molar refractivity (Wildman–Crippen MR) is 75.0 cm³/mol. The third-order valence-electron chi connectivity index (χ3n) is 3.53. The number of furan rings is 1. The van der Waals surface area contributed by atoms with E-state index in [0.29, 0.717) is 17.8 Å². The molecule has 0 saturated carbocycles. The highest BCUT2D eigenvalue weighted by Gasteiger charge is 2.33. The maximum Gasteiger partial charge on any atom is 0.299 e. The summed E-state index contributed by atoms with van der Waals surface area (Å²) < 4.78 is 5.05. The summed E-state index contributed by atoms with van der Waals surface area (Å²) in [6.45, 7) is 0.695. The topological polar surface area (TPSA) is 53.8 Å².